The van der Waals surface area contributed by atoms with Gasteiger partial charge in [0, 0.05) is 16.7 Å². The first-order valence-electron chi connectivity index (χ1n) is 5.82. The summed E-state index contributed by atoms with van der Waals surface area (Å²) >= 11 is 2.98. The van der Waals surface area contributed by atoms with Crippen molar-refractivity contribution in [2.75, 3.05) is 5.32 Å². The molecule has 0 aliphatic carbocycles. The van der Waals surface area contributed by atoms with Gasteiger partial charge >= 0.3 is 6.18 Å². The predicted molar refractivity (Wildman–Crippen MR) is 72.8 cm³/mol. The summed E-state index contributed by atoms with van der Waals surface area (Å²) in [6.45, 7) is -0.0537. The Bertz CT molecular complexity index is 654. The maximum Gasteiger partial charge on any atom is 0.418 e. The maximum atomic E-state index is 13.0. The number of halogens is 6. The summed E-state index contributed by atoms with van der Waals surface area (Å²) < 4.78 is 64.8. The van der Waals surface area contributed by atoms with Crippen LogP contribution in [0, 0.1) is 11.6 Å². The molecule has 0 amide bonds. The maximum absolute atomic E-state index is 13.0. The van der Waals surface area contributed by atoms with E-state index in [-0.39, 0.29) is 12.2 Å². The van der Waals surface area contributed by atoms with E-state index in [1.807, 2.05) is 0 Å². The van der Waals surface area contributed by atoms with Crippen molar-refractivity contribution in [1.82, 2.24) is 0 Å². The Labute approximate surface area is 125 Å². The SMILES string of the molecule is Fc1ccc(CNc2ccc(Br)cc2C(F)(F)F)cc1F. The van der Waals surface area contributed by atoms with Crippen molar-refractivity contribution < 1.29 is 22.0 Å². The molecule has 112 valence electrons. The molecule has 2 aromatic rings. The number of benzene rings is 2. The smallest absolute Gasteiger partial charge is 0.380 e. The lowest BCUT2D eigenvalue weighted by molar-refractivity contribution is -0.137. The summed E-state index contributed by atoms with van der Waals surface area (Å²) in [7, 11) is 0. The minimum absolute atomic E-state index is 0.0537. The second kappa shape index (κ2) is 6.01. The Morgan fingerprint density at radius 3 is 2.29 bits per heavy atom. The van der Waals surface area contributed by atoms with Gasteiger partial charge in [-0.2, -0.15) is 13.2 Å². The van der Waals surface area contributed by atoms with Crippen LogP contribution in [0.25, 0.3) is 0 Å². The van der Waals surface area contributed by atoms with Gasteiger partial charge in [-0.1, -0.05) is 22.0 Å². The predicted octanol–water partition coefficient (Wildman–Crippen LogP) is 5.36. The molecule has 0 saturated heterocycles. The summed E-state index contributed by atoms with van der Waals surface area (Å²) in [5, 5.41) is 2.58. The molecule has 0 radical (unpaired) electrons. The highest BCUT2D eigenvalue weighted by molar-refractivity contribution is 9.10. The lowest BCUT2D eigenvalue weighted by atomic mass is 10.1. The van der Waals surface area contributed by atoms with Crippen molar-refractivity contribution in [2.24, 2.45) is 0 Å². The fourth-order valence-corrected chi connectivity index (χ4v) is 2.11. The first-order chi connectivity index (χ1) is 9.77. The monoisotopic (exact) mass is 365 g/mol. The first kappa shape index (κ1) is 15.8. The number of hydrogen-bond donors (Lipinski definition) is 1. The number of rotatable bonds is 3. The van der Waals surface area contributed by atoms with E-state index >= 15 is 0 Å². The zero-order chi connectivity index (χ0) is 15.6. The fourth-order valence-electron chi connectivity index (χ4n) is 1.75. The summed E-state index contributed by atoms with van der Waals surface area (Å²) in [5.74, 6) is -2.04. The van der Waals surface area contributed by atoms with Gasteiger partial charge in [-0.25, -0.2) is 8.78 Å². The van der Waals surface area contributed by atoms with Crippen LogP contribution in [-0.2, 0) is 12.7 Å². The summed E-state index contributed by atoms with van der Waals surface area (Å²) in [5.41, 5.74) is -0.625. The highest BCUT2D eigenvalue weighted by Crippen LogP contribution is 2.36. The molecule has 0 heterocycles. The first-order valence-corrected chi connectivity index (χ1v) is 6.61. The van der Waals surface area contributed by atoms with Crippen LogP contribution >= 0.6 is 15.9 Å². The molecule has 0 spiro atoms. The van der Waals surface area contributed by atoms with E-state index in [1.54, 1.807) is 0 Å². The Hall–Kier alpha value is -1.63. The van der Waals surface area contributed by atoms with Gasteiger partial charge in [-0.05, 0) is 35.9 Å². The van der Waals surface area contributed by atoms with E-state index in [9.17, 15) is 22.0 Å². The number of nitrogens with one attached hydrogen (secondary N) is 1. The third-order valence-corrected chi connectivity index (χ3v) is 3.25. The Morgan fingerprint density at radius 2 is 1.67 bits per heavy atom. The van der Waals surface area contributed by atoms with Gasteiger partial charge in [0.2, 0.25) is 0 Å². The molecule has 0 saturated carbocycles. The zero-order valence-electron chi connectivity index (χ0n) is 10.4. The van der Waals surface area contributed by atoms with Crippen LogP contribution in [-0.4, -0.2) is 0 Å². The molecule has 2 rings (SSSR count). The topological polar surface area (TPSA) is 12.0 Å². The van der Waals surface area contributed by atoms with Crippen LogP contribution in [0.4, 0.5) is 27.6 Å². The van der Waals surface area contributed by atoms with Crippen LogP contribution in [0.3, 0.4) is 0 Å². The van der Waals surface area contributed by atoms with Gasteiger partial charge in [-0.3, -0.25) is 0 Å². The van der Waals surface area contributed by atoms with Crippen molar-refractivity contribution in [3.8, 4) is 0 Å². The quantitative estimate of drug-likeness (QED) is 0.722. The number of alkyl halides is 3. The standard InChI is InChI=1S/C14H9BrF5N/c15-9-2-4-13(10(6-9)14(18,19)20)21-7-8-1-3-11(16)12(17)5-8/h1-6,21H,7H2. The van der Waals surface area contributed by atoms with Crippen LogP contribution in [0.1, 0.15) is 11.1 Å². The lowest BCUT2D eigenvalue weighted by Crippen LogP contribution is -2.11. The van der Waals surface area contributed by atoms with E-state index in [1.165, 1.54) is 18.2 Å². The lowest BCUT2D eigenvalue weighted by Gasteiger charge is -2.15. The van der Waals surface area contributed by atoms with Crippen LogP contribution in [0.5, 0.6) is 0 Å². The minimum Gasteiger partial charge on any atom is -0.380 e. The van der Waals surface area contributed by atoms with Gasteiger partial charge in [0.25, 0.3) is 0 Å². The van der Waals surface area contributed by atoms with Crippen LogP contribution in [0.2, 0.25) is 0 Å². The molecule has 1 nitrogen and oxygen atoms in total. The van der Waals surface area contributed by atoms with Crippen LogP contribution in [0.15, 0.2) is 40.9 Å². The third-order valence-electron chi connectivity index (χ3n) is 2.75. The van der Waals surface area contributed by atoms with E-state index in [4.69, 9.17) is 0 Å². The van der Waals surface area contributed by atoms with E-state index in [2.05, 4.69) is 21.2 Å². The molecule has 0 aliphatic heterocycles. The Balaban J connectivity index is 2.22. The molecule has 0 aromatic heterocycles. The zero-order valence-corrected chi connectivity index (χ0v) is 12.0. The molecule has 0 aliphatic rings. The fraction of sp³-hybridized carbons (Fsp3) is 0.143. The summed E-state index contributed by atoms with van der Waals surface area (Å²) in [6, 6.07) is 6.85. The average Bonchev–Trinajstić information content (AvgIpc) is 2.40. The molecule has 0 bridgehead atoms. The van der Waals surface area contributed by atoms with Gasteiger partial charge in [0.05, 0.1) is 5.56 Å². The van der Waals surface area contributed by atoms with Crippen molar-refractivity contribution in [1.29, 1.82) is 0 Å². The summed E-state index contributed by atoms with van der Waals surface area (Å²) in [6.07, 6.45) is -4.51. The third kappa shape index (κ3) is 3.93. The molecule has 1 N–H and O–H groups in total. The molecular formula is C14H9BrF5N. The van der Waals surface area contributed by atoms with E-state index in [0.717, 1.165) is 18.2 Å². The Morgan fingerprint density at radius 1 is 0.952 bits per heavy atom. The van der Waals surface area contributed by atoms with Crippen LogP contribution < -0.4 is 5.32 Å². The highest BCUT2D eigenvalue weighted by atomic mass is 79.9. The number of hydrogen-bond acceptors (Lipinski definition) is 1. The van der Waals surface area contributed by atoms with Crippen molar-refractivity contribution >= 4 is 21.6 Å². The molecule has 0 unspecified atom stereocenters. The van der Waals surface area contributed by atoms with E-state index in [0.29, 0.717) is 10.0 Å². The molecule has 7 heteroatoms. The van der Waals surface area contributed by atoms with Crippen molar-refractivity contribution in [2.45, 2.75) is 12.7 Å². The minimum atomic E-state index is -4.51. The average molecular weight is 366 g/mol. The number of anilines is 1. The molecule has 2 aromatic carbocycles. The van der Waals surface area contributed by atoms with Crippen molar-refractivity contribution in [3.63, 3.8) is 0 Å². The second-order valence-corrected chi connectivity index (χ2v) is 5.21. The largest absolute Gasteiger partial charge is 0.418 e. The van der Waals surface area contributed by atoms with Gasteiger partial charge in [0.1, 0.15) is 0 Å². The van der Waals surface area contributed by atoms with Crippen molar-refractivity contribution in [3.05, 3.63) is 63.6 Å². The second-order valence-electron chi connectivity index (χ2n) is 4.29. The van der Waals surface area contributed by atoms with E-state index < -0.39 is 23.4 Å². The summed E-state index contributed by atoms with van der Waals surface area (Å²) in [4.78, 5) is 0. The van der Waals surface area contributed by atoms with Gasteiger partial charge < -0.3 is 5.32 Å². The molecule has 0 atom stereocenters. The van der Waals surface area contributed by atoms with Gasteiger partial charge in [-0.15, -0.1) is 0 Å². The highest BCUT2D eigenvalue weighted by Gasteiger charge is 2.33. The Kier molecular flexibility index (Phi) is 4.51. The molecular weight excluding hydrogens is 357 g/mol. The molecule has 21 heavy (non-hydrogen) atoms. The molecule has 0 fully saturated rings. The van der Waals surface area contributed by atoms with Gasteiger partial charge in [0.15, 0.2) is 11.6 Å². The normalized spacial score (nSPS) is 11.5.